The molecule has 150 valence electrons. The molecule has 3 rings (SSSR count). The van der Waals surface area contributed by atoms with Crippen LogP contribution in [-0.4, -0.2) is 53.9 Å². The minimum absolute atomic E-state index is 0.00854. The molecule has 0 spiro atoms. The van der Waals surface area contributed by atoms with Crippen molar-refractivity contribution in [1.29, 1.82) is 0 Å². The molecule has 0 saturated carbocycles. The number of benzene rings is 1. The number of carbonyl (C=O) groups excluding carboxylic acids is 1. The minimum atomic E-state index is -0.1000. The SMILES string of the molecule is CCCCOc1ccc(C(=O)N2CCCC(Oc3ccc(OC)nn3)C2)cc1. The van der Waals surface area contributed by atoms with Crippen LogP contribution >= 0.6 is 0 Å². The van der Waals surface area contributed by atoms with Gasteiger partial charge in [-0.2, -0.15) is 0 Å². The van der Waals surface area contributed by atoms with E-state index in [0.29, 0.717) is 30.5 Å². The number of hydrogen-bond acceptors (Lipinski definition) is 6. The highest BCUT2D eigenvalue weighted by Gasteiger charge is 2.26. The van der Waals surface area contributed by atoms with Crippen molar-refractivity contribution in [3.63, 3.8) is 0 Å². The number of rotatable bonds is 8. The Balaban J connectivity index is 1.56. The van der Waals surface area contributed by atoms with Gasteiger partial charge in [-0.1, -0.05) is 13.3 Å². The molecule has 1 aliphatic rings. The summed E-state index contributed by atoms with van der Waals surface area (Å²) in [6.45, 7) is 4.08. The molecule has 1 aromatic carbocycles. The third kappa shape index (κ3) is 5.34. The maximum atomic E-state index is 12.8. The fraction of sp³-hybridized carbons (Fsp3) is 0.476. The van der Waals surface area contributed by atoms with Gasteiger partial charge in [-0.25, -0.2) is 0 Å². The summed E-state index contributed by atoms with van der Waals surface area (Å²) < 4.78 is 16.6. The molecule has 0 radical (unpaired) electrons. The first-order valence-electron chi connectivity index (χ1n) is 9.76. The Kier molecular flexibility index (Phi) is 7.06. The second-order valence-electron chi connectivity index (χ2n) is 6.77. The molecule has 1 unspecified atom stereocenters. The van der Waals surface area contributed by atoms with Crippen LogP contribution in [-0.2, 0) is 0 Å². The topological polar surface area (TPSA) is 73.8 Å². The van der Waals surface area contributed by atoms with Gasteiger partial charge in [-0.15, -0.1) is 10.2 Å². The minimum Gasteiger partial charge on any atom is -0.494 e. The molecular formula is C21H27N3O4. The summed E-state index contributed by atoms with van der Waals surface area (Å²) in [6, 6.07) is 10.8. The average Bonchev–Trinajstić information content (AvgIpc) is 2.75. The van der Waals surface area contributed by atoms with Gasteiger partial charge in [0.1, 0.15) is 11.9 Å². The summed E-state index contributed by atoms with van der Waals surface area (Å²) in [4.78, 5) is 14.7. The molecule has 0 N–H and O–H groups in total. The standard InChI is InChI=1S/C21H27N3O4/c1-3-4-14-27-17-9-7-16(8-10-17)21(25)24-13-5-6-18(15-24)28-20-12-11-19(26-2)22-23-20/h7-12,18H,3-6,13-15H2,1-2H3. The highest BCUT2D eigenvalue weighted by Crippen LogP contribution is 2.20. The number of unbranched alkanes of at least 4 members (excludes halogenated alkanes) is 1. The smallest absolute Gasteiger partial charge is 0.253 e. The van der Waals surface area contributed by atoms with Gasteiger partial charge in [0, 0.05) is 24.2 Å². The van der Waals surface area contributed by atoms with Crippen LogP contribution < -0.4 is 14.2 Å². The van der Waals surface area contributed by atoms with Crippen molar-refractivity contribution in [3.05, 3.63) is 42.0 Å². The molecule has 2 aromatic rings. The lowest BCUT2D eigenvalue weighted by atomic mass is 10.1. The number of ether oxygens (including phenoxy) is 3. The lowest BCUT2D eigenvalue weighted by Gasteiger charge is -2.32. The Labute approximate surface area is 165 Å². The summed E-state index contributed by atoms with van der Waals surface area (Å²) in [7, 11) is 1.54. The van der Waals surface area contributed by atoms with E-state index in [1.807, 2.05) is 29.2 Å². The van der Waals surface area contributed by atoms with Crippen LogP contribution in [0.4, 0.5) is 0 Å². The number of carbonyl (C=O) groups is 1. The fourth-order valence-electron chi connectivity index (χ4n) is 3.08. The molecule has 0 bridgehead atoms. The largest absolute Gasteiger partial charge is 0.494 e. The first-order valence-corrected chi connectivity index (χ1v) is 9.76. The van der Waals surface area contributed by atoms with E-state index in [1.165, 1.54) is 0 Å². The van der Waals surface area contributed by atoms with Crippen LogP contribution in [0.2, 0.25) is 0 Å². The normalized spacial score (nSPS) is 16.5. The predicted molar refractivity (Wildman–Crippen MR) is 105 cm³/mol. The lowest BCUT2D eigenvalue weighted by Crippen LogP contribution is -2.44. The third-order valence-electron chi connectivity index (χ3n) is 4.65. The Bertz CT molecular complexity index is 749. The van der Waals surface area contributed by atoms with Crippen molar-refractivity contribution in [2.45, 2.75) is 38.7 Å². The third-order valence-corrected chi connectivity index (χ3v) is 4.65. The van der Waals surface area contributed by atoms with E-state index in [0.717, 1.165) is 38.0 Å². The van der Waals surface area contributed by atoms with E-state index in [1.54, 1.807) is 19.2 Å². The van der Waals surface area contributed by atoms with Gasteiger partial charge in [0.2, 0.25) is 11.8 Å². The Morgan fingerprint density at radius 2 is 1.89 bits per heavy atom. The summed E-state index contributed by atoms with van der Waals surface area (Å²) in [5.41, 5.74) is 0.660. The number of hydrogen-bond donors (Lipinski definition) is 0. The average molecular weight is 385 g/mol. The van der Waals surface area contributed by atoms with Crippen LogP contribution in [0.5, 0.6) is 17.5 Å². The first kappa shape index (κ1) is 19.9. The number of amides is 1. The molecule has 1 amide bonds. The second kappa shape index (κ2) is 9.92. The molecule has 2 heterocycles. The van der Waals surface area contributed by atoms with E-state index in [4.69, 9.17) is 14.2 Å². The van der Waals surface area contributed by atoms with E-state index in [9.17, 15) is 4.79 Å². The van der Waals surface area contributed by atoms with Crippen molar-refractivity contribution >= 4 is 5.91 Å². The van der Waals surface area contributed by atoms with Gasteiger partial charge in [-0.3, -0.25) is 4.79 Å². The Hall–Kier alpha value is -2.83. The number of nitrogens with zero attached hydrogens (tertiary/aromatic N) is 3. The second-order valence-corrected chi connectivity index (χ2v) is 6.77. The Morgan fingerprint density at radius 3 is 2.57 bits per heavy atom. The molecule has 0 aliphatic carbocycles. The summed E-state index contributed by atoms with van der Waals surface area (Å²) >= 11 is 0. The highest BCUT2D eigenvalue weighted by atomic mass is 16.5. The van der Waals surface area contributed by atoms with Crippen molar-refractivity contribution in [3.8, 4) is 17.5 Å². The van der Waals surface area contributed by atoms with Crippen molar-refractivity contribution < 1.29 is 19.0 Å². The number of piperidine rings is 1. The van der Waals surface area contributed by atoms with Crippen LogP contribution in [0.3, 0.4) is 0 Å². The predicted octanol–water partition coefficient (Wildman–Crippen LogP) is 3.35. The number of methoxy groups -OCH3 is 1. The van der Waals surface area contributed by atoms with Gasteiger partial charge in [0.05, 0.1) is 20.3 Å². The molecule has 28 heavy (non-hydrogen) atoms. The zero-order valence-electron chi connectivity index (χ0n) is 16.5. The molecule has 1 aliphatic heterocycles. The van der Waals surface area contributed by atoms with Crippen LogP contribution in [0.1, 0.15) is 43.0 Å². The van der Waals surface area contributed by atoms with Crippen molar-refractivity contribution in [2.24, 2.45) is 0 Å². The monoisotopic (exact) mass is 385 g/mol. The van der Waals surface area contributed by atoms with Crippen molar-refractivity contribution in [1.82, 2.24) is 15.1 Å². The number of likely N-dealkylation sites (tertiary alicyclic amines) is 1. The maximum absolute atomic E-state index is 12.8. The van der Waals surface area contributed by atoms with Gasteiger partial charge in [0.25, 0.3) is 5.91 Å². The van der Waals surface area contributed by atoms with Gasteiger partial charge in [-0.05, 0) is 43.5 Å². The molecule has 7 heteroatoms. The molecule has 1 atom stereocenters. The van der Waals surface area contributed by atoms with Gasteiger partial charge in [0.15, 0.2) is 0 Å². The van der Waals surface area contributed by atoms with E-state index in [-0.39, 0.29) is 12.0 Å². The first-order chi connectivity index (χ1) is 13.7. The number of aromatic nitrogens is 2. The van der Waals surface area contributed by atoms with Crippen LogP contribution in [0, 0.1) is 0 Å². The van der Waals surface area contributed by atoms with Gasteiger partial charge >= 0.3 is 0 Å². The van der Waals surface area contributed by atoms with Crippen LogP contribution in [0.15, 0.2) is 36.4 Å². The van der Waals surface area contributed by atoms with Crippen molar-refractivity contribution in [2.75, 3.05) is 26.8 Å². The zero-order valence-corrected chi connectivity index (χ0v) is 16.5. The summed E-state index contributed by atoms with van der Waals surface area (Å²) in [6.07, 6.45) is 3.78. The molecule has 1 fully saturated rings. The zero-order chi connectivity index (χ0) is 19.8. The quantitative estimate of drug-likeness (QED) is 0.649. The molecule has 7 nitrogen and oxygen atoms in total. The van der Waals surface area contributed by atoms with E-state index in [2.05, 4.69) is 17.1 Å². The van der Waals surface area contributed by atoms with E-state index < -0.39 is 0 Å². The fourth-order valence-corrected chi connectivity index (χ4v) is 3.08. The Morgan fingerprint density at radius 1 is 1.14 bits per heavy atom. The van der Waals surface area contributed by atoms with Gasteiger partial charge < -0.3 is 19.1 Å². The van der Waals surface area contributed by atoms with Crippen LogP contribution in [0.25, 0.3) is 0 Å². The molecular weight excluding hydrogens is 358 g/mol. The lowest BCUT2D eigenvalue weighted by molar-refractivity contribution is 0.0525. The molecule has 1 saturated heterocycles. The summed E-state index contributed by atoms with van der Waals surface area (Å²) in [5, 5.41) is 7.91. The van der Waals surface area contributed by atoms with E-state index >= 15 is 0 Å². The summed E-state index contributed by atoms with van der Waals surface area (Å²) in [5.74, 6) is 1.68. The highest BCUT2D eigenvalue weighted by molar-refractivity contribution is 5.94. The molecule has 1 aromatic heterocycles. The maximum Gasteiger partial charge on any atom is 0.253 e.